The van der Waals surface area contributed by atoms with Gasteiger partial charge in [-0.1, -0.05) is 29.8 Å². The van der Waals surface area contributed by atoms with Gasteiger partial charge in [-0.15, -0.1) is 11.8 Å². The Balaban J connectivity index is 1.78. The summed E-state index contributed by atoms with van der Waals surface area (Å²) >= 11 is 7.45. The van der Waals surface area contributed by atoms with E-state index in [-0.39, 0.29) is 10.9 Å². The molecule has 1 amide bonds. The Kier molecular flexibility index (Phi) is 6.95. The molecule has 0 bridgehead atoms. The molecule has 0 saturated heterocycles. The van der Waals surface area contributed by atoms with Crippen LogP contribution in [0.5, 0.6) is 5.75 Å². The van der Waals surface area contributed by atoms with Crippen molar-refractivity contribution >= 4 is 35.0 Å². The third-order valence-corrected chi connectivity index (χ3v) is 5.29. The monoisotopic (exact) mass is 415 g/mol. The molecule has 3 nitrogen and oxygen atoms in total. The summed E-state index contributed by atoms with van der Waals surface area (Å²) in [6, 6.07) is 19.4. The summed E-state index contributed by atoms with van der Waals surface area (Å²) in [6.45, 7) is 2.47. The van der Waals surface area contributed by atoms with Crippen molar-refractivity contribution in [2.45, 2.75) is 17.6 Å². The maximum absolute atomic E-state index is 13.3. The van der Waals surface area contributed by atoms with E-state index in [9.17, 15) is 9.18 Å². The molecule has 0 saturated carbocycles. The average Bonchev–Trinajstić information content (AvgIpc) is 2.71. The van der Waals surface area contributed by atoms with Gasteiger partial charge in [0.25, 0.3) is 5.91 Å². The number of benzene rings is 3. The van der Waals surface area contributed by atoms with Crippen molar-refractivity contribution < 1.29 is 13.9 Å². The number of thioether (sulfide) groups is 1. The number of hydrogen-bond donors (Lipinski definition) is 1. The average molecular weight is 416 g/mol. The van der Waals surface area contributed by atoms with Crippen LogP contribution in [0, 0.1) is 5.82 Å². The Labute approximate surface area is 172 Å². The van der Waals surface area contributed by atoms with E-state index in [2.05, 4.69) is 5.32 Å². The van der Waals surface area contributed by atoms with Gasteiger partial charge in [0.15, 0.2) is 0 Å². The molecule has 3 aromatic rings. The topological polar surface area (TPSA) is 38.3 Å². The van der Waals surface area contributed by atoms with E-state index >= 15 is 0 Å². The van der Waals surface area contributed by atoms with E-state index in [4.69, 9.17) is 16.3 Å². The van der Waals surface area contributed by atoms with Crippen molar-refractivity contribution in [2.75, 3.05) is 11.9 Å². The molecule has 3 aromatic carbocycles. The van der Waals surface area contributed by atoms with Gasteiger partial charge in [0.1, 0.15) is 11.6 Å². The van der Waals surface area contributed by atoms with Gasteiger partial charge in [0, 0.05) is 27.5 Å². The van der Waals surface area contributed by atoms with Gasteiger partial charge in [-0.25, -0.2) is 4.39 Å². The molecule has 0 aliphatic rings. The highest BCUT2D eigenvalue weighted by molar-refractivity contribution is 7.98. The summed E-state index contributed by atoms with van der Waals surface area (Å²) in [5.41, 5.74) is 1.86. The molecule has 3 rings (SSSR count). The van der Waals surface area contributed by atoms with Crippen molar-refractivity contribution in [1.29, 1.82) is 0 Å². The van der Waals surface area contributed by atoms with E-state index in [1.807, 2.05) is 43.3 Å². The van der Waals surface area contributed by atoms with E-state index in [0.717, 1.165) is 16.2 Å². The molecule has 0 radical (unpaired) electrons. The van der Waals surface area contributed by atoms with Crippen LogP contribution in [-0.4, -0.2) is 12.5 Å². The van der Waals surface area contributed by atoms with Crippen LogP contribution in [0.4, 0.5) is 10.1 Å². The van der Waals surface area contributed by atoms with Crippen molar-refractivity contribution in [3.8, 4) is 5.75 Å². The minimum atomic E-state index is -0.527. The number of halogens is 2. The molecule has 0 unspecified atom stereocenters. The standard InChI is InChI=1S/C22H19ClFNO2S/c1-2-27-21-11-8-15(12-16(21)14-28-18-6-4-3-5-7-18)22(26)25-17-9-10-20(24)19(23)13-17/h3-13H,2,14H2,1H3,(H,25,26). The fourth-order valence-electron chi connectivity index (χ4n) is 2.58. The van der Waals surface area contributed by atoms with Gasteiger partial charge in [-0.05, 0) is 55.5 Å². The first-order valence-electron chi connectivity index (χ1n) is 8.77. The Hall–Kier alpha value is -2.50. The van der Waals surface area contributed by atoms with Gasteiger partial charge in [-0.2, -0.15) is 0 Å². The Morgan fingerprint density at radius 2 is 1.89 bits per heavy atom. The molecule has 0 aromatic heterocycles. The number of hydrogen-bond acceptors (Lipinski definition) is 3. The third-order valence-electron chi connectivity index (χ3n) is 3.94. The molecular formula is C22H19ClFNO2S. The van der Waals surface area contributed by atoms with Gasteiger partial charge in [-0.3, -0.25) is 4.79 Å². The smallest absolute Gasteiger partial charge is 0.255 e. The number of nitrogens with one attached hydrogen (secondary N) is 1. The maximum Gasteiger partial charge on any atom is 0.255 e. The lowest BCUT2D eigenvalue weighted by Crippen LogP contribution is -2.12. The highest BCUT2D eigenvalue weighted by Crippen LogP contribution is 2.29. The fraction of sp³-hybridized carbons (Fsp3) is 0.136. The van der Waals surface area contributed by atoms with Crippen LogP contribution in [-0.2, 0) is 5.75 Å². The molecule has 0 spiro atoms. The molecule has 0 aliphatic carbocycles. The first-order chi connectivity index (χ1) is 13.6. The maximum atomic E-state index is 13.3. The molecule has 28 heavy (non-hydrogen) atoms. The summed E-state index contributed by atoms with van der Waals surface area (Å²) in [5.74, 6) is 0.605. The van der Waals surface area contributed by atoms with Gasteiger partial charge in [0.2, 0.25) is 0 Å². The van der Waals surface area contributed by atoms with Crippen molar-refractivity contribution in [3.05, 3.63) is 88.7 Å². The minimum Gasteiger partial charge on any atom is -0.494 e. The second-order valence-electron chi connectivity index (χ2n) is 5.94. The second kappa shape index (κ2) is 9.62. The molecule has 0 heterocycles. The molecule has 6 heteroatoms. The predicted octanol–water partition coefficient (Wildman–Crippen LogP) is 6.42. The number of carbonyl (C=O) groups is 1. The largest absolute Gasteiger partial charge is 0.494 e. The van der Waals surface area contributed by atoms with Crippen LogP contribution < -0.4 is 10.1 Å². The second-order valence-corrected chi connectivity index (χ2v) is 7.40. The fourth-order valence-corrected chi connectivity index (χ4v) is 3.66. The van der Waals surface area contributed by atoms with E-state index in [1.54, 1.807) is 23.9 Å². The summed E-state index contributed by atoms with van der Waals surface area (Å²) in [6.07, 6.45) is 0. The summed E-state index contributed by atoms with van der Waals surface area (Å²) in [4.78, 5) is 13.7. The number of carbonyl (C=O) groups excluding carboxylic acids is 1. The molecule has 144 valence electrons. The Bertz CT molecular complexity index is 966. The zero-order valence-corrected chi connectivity index (χ0v) is 16.8. The lowest BCUT2D eigenvalue weighted by molar-refractivity contribution is 0.102. The lowest BCUT2D eigenvalue weighted by atomic mass is 10.1. The number of rotatable bonds is 7. The quantitative estimate of drug-likeness (QED) is 0.452. The highest BCUT2D eigenvalue weighted by Gasteiger charge is 2.12. The zero-order valence-electron chi connectivity index (χ0n) is 15.2. The van der Waals surface area contributed by atoms with E-state index in [1.165, 1.54) is 18.2 Å². The van der Waals surface area contributed by atoms with E-state index in [0.29, 0.717) is 23.6 Å². The highest BCUT2D eigenvalue weighted by atomic mass is 35.5. The number of anilines is 1. The predicted molar refractivity (Wildman–Crippen MR) is 113 cm³/mol. The lowest BCUT2D eigenvalue weighted by Gasteiger charge is -2.13. The normalized spacial score (nSPS) is 10.5. The van der Waals surface area contributed by atoms with Crippen LogP contribution in [0.3, 0.4) is 0 Å². The summed E-state index contributed by atoms with van der Waals surface area (Å²) in [5, 5.41) is 2.70. The third kappa shape index (κ3) is 5.27. The number of amides is 1. The van der Waals surface area contributed by atoms with Gasteiger partial charge in [0.05, 0.1) is 11.6 Å². The molecule has 0 atom stereocenters. The first kappa shape index (κ1) is 20.2. The van der Waals surface area contributed by atoms with Crippen LogP contribution in [0.1, 0.15) is 22.8 Å². The van der Waals surface area contributed by atoms with Gasteiger partial charge < -0.3 is 10.1 Å². The van der Waals surface area contributed by atoms with Crippen LogP contribution in [0.2, 0.25) is 5.02 Å². The molecule has 0 aliphatic heterocycles. The SMILES string of the molecule is CCOc1ccc(C(=O)Nc2ccc(F)c(Cl)c2)cc1CSc1ccccc1. The Morgan fingerprint density at radius 1 is 1.11 bits per heavy atom. The van der Waals surface area contributed by atoms with Crippen LogP contribution >= 0.6 is 23.4 Å². The van der Waals surface area contributed by atoms with E-state index < -0.39 is 5.82 Å². The summed E-state index contributed by atoms with van der Waals surface area (Å²) < 4.78 is 19.0. The van der Waals surface area contributed by atoms with Crippen molar-refractivity contribution in [2.24, 2.45) is 0 Å². The van der Waals surface area contributed by atoms with Crippen LogP contribution in [0.25, 0.3) is 0 Å². The van der Waals surface area contributed by atoms with Crippen molar-refractivity contribution in [3.63, 3.8) is 0 Å². The van der Waals surface area contributed by atoms with Crippen LogP contribution in [0.15, 0.2) is 71.6 Å². The Morgan fingerprint density at radius 3 is 2.61 bits per heavy atom. The molecule has 1 N–H and O–H groups in total. The summed E-state index contributed by atoms with van der Waals surface area (Å²) in [7, 11) is 0. The molecular weight excluding hydrogens is 397 g/mol. The molecule has 0 fully saturated rings. The first-order valence-corrected chi connectivity index (χ1v) is 10.1. The zero-order chi connectivity index (χ0) is 19.9. The number of ether oxygens (including phenoxy) is 1. The van der Waals surface area contributed by atoms with Gasteiger partial charge >= 0.3 is 0 Å². The van der Waals surface area contributed by atoms with Crippen molar-refractivity contribution in [1.82, 2.24) is 0 Å². The minimum absolute atomic E-state index is 0.0376.